The average Bonchev–Trinajstić information content (AvgIpc) is 2.50. The van der Waals surface area contributed by atoms with Crippen molar-refractivity contribution in [1.29, 1.82) is 0 Å². The van der Waals surface area contributed by atoms with E-state index in [1.54, 1.807) is 0 Å². The van der Waals surface area contributed by atoms with Gasteiger partial charge in [0.2, 0.25) is 0 Å². The van der Waals surface area contributed by atoms with Gasteiger partial charge in [0, 0.05) is 6.61 Å². The molecule has 0 spiro atoms. The Labute approximate surface area is 54.9 Å². The van der Waals surface area contributed by atoms with Crippen LogP contribution in [0.15, 0.2) is 0 Å². The lowest BCUT2D eigenvalue weighted by atomic mass is 10.0. The van der Waals surface area contributed by atoms with Gasteiger partial charge in [0.15, 0.2) is 0 Å². The second-order valence-electron chi connectivity index (χ2n) is 2.95. The zero-order valence-corrected chi connectivity index (χ0v) is 5.73. The SMILES string of the molecule is CC(CCO)C1(F)CC1. The predicted octanol–water partition coefficient (Wildman–Crippen LogP) is 1.51. The number of alkyl halides is 1. The molecule has 0 heterocycles. The van der Waals surface area contributed by atoms with E-state index in [4.69, 9.17) is 5.11 Å². The standard InChI is InChI=1S/C7H13FO/c1-6(2-5-9)7(8)3-4-7/h6,9H,2-5H2,1H3. The van der Waals surface area contributed by atoms with E-state index in [1.807, 2.05) is 6.92 Å². The van der Waals surface area contributed by atoms with Crippen molar-refractivity contribution in [1.82, 2.24) is 0 Å². The molecule has 0 radical (unpaired) electrons. The molecule has 0 aromatic rings. The van der Waals surface area contributed by atoms with E-state index in [9.17, 15) is 4.39 Å². The summed E-state index contributed by atoms with van der Waals surface area (Å²) in [5.74, 6) is 0.0579. The Hall–Kier alpha value is -0.110. The zero-order chi connectivity index (χ0) is 6.91. The third kappa shape index (κ3) is 1.42. The fraction of sp³-hybridized carbons (Fsp3) is 1.00. The van der Waals surface area contributed by atoms with Crippen LogP contribution in [0.1, 0.15) is 26.2 Å². The van der Waals surface area contributed by atoms with Crippen molar-refractivity contribution < 1.29 is 9.50 Å². The van der Waals surface area contributed by atoms with Crippen molar-refractivity contribution >= 4 is 0 Å². The number of halogens is 1. The van der Waals surface area contributed by atoms with Crippen LogP contribution in [0.3, 0.4) is 0 Å². The van der Waals surface area contributed by atoms with Gasteiger partial charge in [0.05, 0.1) is 0 Å². The smallest absolute Gasteiger partial charge is 0.114 e. The zero-order valence-electron chi connectivity index (χ0n) is 5.73. The summed E-state index contributed by atoms with van der Waals surface area (Å²) < 4.78 is 13.0. The number of aliphatic hydroxyl groups excluding tert-OH is 1. The molecule has 9 heavy (non-hydrogen) atoms. The molecule has 1 saturated carbocycles. The normalized spacial score (nSPS) is 25.7. The molecule has 0 aliphatic heterocycles. The quantitative estimate of drug-likeness (QED) is 0.617. The molecule has 1 unspecified atom stereocenters. The highest BCUT2D eigenvalue weighted by Gasteiger charge is 2.47. The summed E-state index contributed by atoms with van der Waals surface area (Å²) in [6.07, 6.45) is 2.01. The van der Waals surface area contributed by atoms with Crippen molar-refractivity contribution in [3.05, 3.63) is 0 Å². The third-order valence-electron chi connectivity index (χ3n) is 2.17. The minimum absolute atomic E-state index is 0.0579. The molecule has 2 heteroatoms. The first kappa shape index (κ1) is 7.00. The molecule has 1 aliphatic rings. The van der Waals surface area contributed by atoms with Gasteiger partial charge in [-0.15, -0.1) is 0 Å². The van der Waals surface area contributed by atoms with Gasteiger partial charge in [-0.1, -0.05) is 6.92 Å². The van der Waals surface area contributed by atoms with Crippen molar-refractivity contribution in [3.63, 3.8) is 0 Å². The highest BCUT2D eigenvalue weighted by atomic mass is 19.1. The Morgan fingerprint density at radius 1 is 1.67 bits per heavy atom. The highest BCUT2D eigenvalue weighted by Crippen LogP contribution is 2.47. The van der Waals surface area contributed by atoms with E-state index >= 15 is 0 Å². The van der Waals surface area contributed by atoms with Gasteiger partial charge in [-0.2, -0.15) is 0 Å². The Bertz CT molecular complexity index is 99.1. The number of hydrogen-bond donors (Lipinski definition) is 1. The monoisotopic (exact) mass is 132 g/mol. The number of hydrogen-bond acceptors (Lipinski definition) is 1. The van der Waals surface area contributed by atoms with Crippen LogP contribution >= 0.6 is 0 Å². The van der Waals surface area contributed by atoms with Gasteiger partial charge >= 0.3 is 0 Å². The summed E-state index contributed by atoms with van der Waals surface area (Å²) in [6, 6.07) is 0. The Morgan fingerprint density at radius 2 is 2.22 bits per heavy atom. The van der Waals surface area contributed by atoms with E-state index in [2.05, 4.69) is 0 Å². The van der Waals surface area contributed by atoms with E-state index in [1.165, 1.54) is 0 Å². The lowest BCUT2D eigenvalue weighted by Gasteiger charge is -2.12. The second-order valence-corrected chi connectivity index (χ2v) is 2.95. The van der Waals surface area contributed by atoms with E-state index < -0.39 is 5.67 Å². The molecule has 1 rings (SSSR count). The summed E-state index contributed by atoms with van der Waals surface area (Å²) in [5, 5.41) is 8.46. The summed E-state index contributed by atoms with van der Waals surface area (Å²) in [6.45, 7) is 1.98. The number of aliphatic hydroxyl groups is 1. The fourth-order valence-corrected chi connectivity index (χ4v) is 1.06. The lowest BCUT2D eigenvalue weighted by Crippen LogP contribution is -2.14. The molecule has 54 valence electrons. The molecule has 1 N–H and O–H groups in total. The molecular weight excluding hydrogens is 119 g/mol. The molecule has 1 fully saturated rings. The molecule has 0 saturated heterocycles. The van der Waals surface area contributed by atoms with Gasteiger partial charge in [-0.05, 0) is 25.2 Å². The third-order valence-corrected chi connectivity index (χ3v) is 2.17. The van der Waals surface area contributed by atoms with Crippen LogP contribution < -0.4 is 0 Å². The van der Waals surface area contributed by atoms with Crippen LogP contribution in [0.5, 0.6) is 0 Å². The molecule has 0 amide bonds. The summed E-state index contributed by atoms with van der Waals surface area (Å²) in [7, 11) is 0. The summed E-state index contributed by atoms with van der Waals surface area (Å²) >= 11 is 0. The Kier molecular flexibility index (Phi) is 1.75. The van der Waals surface area contributed by atoms with E-state index in [0.717, 1.165) is 0 Å². The van der Waals surface area contributed by atoms with E-state index in [0.29, 0.717) is 19.3 Å². The van der Waals surface area contributed by atoms with Gasteiger partial charge in [-0.3, -0.25) is 0 Å². The molecule has 1 nitrogen and oxygen atoms in total. The Morgan fingerprint density at radius 3 is 2.56 bits per heavy atom. The molecule has 0 aromatic heterocycles. The largest absolute Gasteiger partial charge is 0.396 e. The molecule has 1 aliphatic carbocycles. The van der Waals surface area contributed by atoms with Crippen LogP contribution in [-0.4, -0.2) is 17.4 Å². The maximum atomic E-state index is 13.0. The van der Waals surface area contributed by atoms with Crippen molar-refractivity contribution in [2.24, 2.45) is 5.92 Å². The average molecular weight is 132 g/mol. The van der Waals surface area contributed by atoms with Gasteiger partial charge in [0.1, 0.15) is 5.67 Å². The summed E-state index contributed by atoms with van der Waals surface area (Å²) in [5.41, 5.74) is -0.900. The van der Waals surface area contributed by atoms with Crippen molar-refractivity contribution in [2.75, 3.05) is 6.61 Å². The summed E-state index contributed by atoms with van der Waals surface area (Å²) in [4.78, 5) is 0. The maximum Gasteiger partial charge on any atom is 0.114 e. The highest BCUT2D eigenvalue weighted by molar-refractivity contribution is 4.97. The van der Waals surface area contributed by atoms with Crippen LogP contribution in [-0.2, 0) is 0 Å². The molecule has 0 bridgehead atoms. The minimum Gasteiger partial charge on any atom is -0.396 e. The van der Waals surface area contributed by atoms with Gasteiger partial charge in [-0.25, -0.2) is 4.39 Å². The van der Waals surface area contributed by atoms with Crippen molar-refractivity contribution in [3.8, 4) is 0 Å². The molecule has 0 aromatic carbocycles. The van der Waals surface area contributed by atoms with Crippen LogP contribution in [0.25, 0.3) is 0 Å². The lowest BCUT2D eigenvalue weighted by molar-refractivity contribution is 0.170. The van der Waals surface area contributed by atoms with Gasteiger partial charge in [0.25, 0.3) is 0 Å². The second kappa shape index (κ2) is 2.25. The minimum atomic E-state index is -0.900. The Balaban J connectivity index is 2.24. The van der Waals surface area contributed by atoms with Gasteiger partial charge < -0.3 is 5.11 Å². The first-order valence-electron chi connectivity index (χ1n) is 3.49. The van der Waals surface area contributed by atoms with Crippen LogP contribution in [0, 0.1) is 5.92 Å². The van der Waals surface area contributed by atoms with Crippen molar-refractivity contribution in [2.45, 2.75) is 31.9 Å². The maximum absolute atomic E-state index is 13.0. The van der Waals surface area contributed by atoms with Crippen LogP contribution in [0.4, 0.5) is 4.39 Å². The van der Waals surface area contributed by atoms with Crippen LogP contribution in [0.2, 0.25) is 0 Å². The first-order valence-corrected chi connectivity index (χ1v) is 3.49. The topological polar surface area (TPSA) is 20.2 Å². The predicted molar refractivity (Wildman–Crippen MR) is 33.9 cm³/mol. The number of rotatable bonds is 3. The fourth-order valence-electron chi connectivity index (χ4n) is 1.06. The van der Waals surface area contributed by atoms with E-state index in [-0.39, 0.29) is 12.5 Å². The molecular formula is C7H13FO. The molecule has 1 atom stereocenters. The first-order chi connectivity index (χ1) is 4.19.